The van der Waals surface area contributed by atoms with Crippen LogP contribution in [-0.2, 0) is 30.9 Å². The summed E-state index contributed by atoms with van der Waals surface area (Å²) in [6, 6.07) is 17.5. The number of allylic oxidation sites excluding steroid dienone is 2. The van der Waals surface area contributed by atoms with Crippen molar-refractivity contribution in [3.63, 3.8) is 0 Å². The van der Waals surface area contributed by atoms with Gasteiger partial charge in [-0.25, -0.2) is 4.79 Å². The molecule has 4 nitrogen and oxygen atoms in total. The fourth-order valence-corrected chi connectivity index (χ4v) is 7.71. The Morgan fingerprint density at radius 2 is 1.48 bits per heavy atom. The Morgan fingerprint density at radius 3 is 2.06 bits per heavy atom. The van der Waals surface area contributed by atoms with E-state index < -0.39 is 6.04 Å². The first-order valence-electron chi connectivity index (χ1n) is 10.5. The molecule has 0 spiro atoms. The molecule has 2 aromatic rings. The molecule has 1 heterocycles. The van der Waals surface area contributed by atoms with Crippen molar-refractivity contribution >= 4 is 40.7 Å². The number of esters is 2. The minimum Gasteiger partial charge on any atom is -0.466 e. The molecular formula is C25H27O4PS. The topological polar surface area (TPSA) is 52.6 Å². The first-order chi connectivity index (χ1) is 15.0. The molecule has 162 valence electrons. The highest BCUT2D eigenvalue weighted by atomic mass is 32.4. The minimum atomic E-state index is -2.28. The van der Waals surface area contributed by atoms with E-state index in [1.54, 1.807) is 13.8 Å². The largest absolute Gasteiger partial charge is 0.466 e. The Balaban J connectivity index is 2.13. The number of rotatable bonds is 8. The summed E-state index contributed by atoms with van der Waals surface area (Å²) in [6.45, 7) is 4.23. The molecule has 0 saturated heterocycles. The summed E-state index contributed by atoms with van der Waals surface area (Å²) in [5.41, 5.74) is 3.42. The van der Waals surface area contributed by atoms with Crippen molar-refractivity contribution in [2.75, 3.05) is 25.5 Å². The average molecular weight is 455 g/mol. The van der Waals surface area contributed by atoms with Crippen LogP contribution in [-0.4, -0.2) is 37.5 Å². The predicted molar refractivity (Wildman–Crippen MR) is 130 cm³/mol. The number of ether oxygens (including phenoxy) is 2. The number of hydrogen-bond acceptors (Lipinski definition) is 5. The Morgan fingerprint density at radius 1 is 0.903 bits per heavy atom. The lowest BCUT2D eigenvalue weighted by atomic mass is 9.98. The zero-order chi connectivity index (χ0) is 22.3. The highest BCUT2D eigenvalue weighted by Gasteiger charge is 2.34. The third-order valence-corrected chi connectivity index (χ3v) is 9.68. The monoisotopic (exact) mass is 454 g/mol. The van der Waals surface area contributed by atoms with E-state index in [4.69, 9.17) is 21.3 Å². The lowest BCUT2D eigenvalue weighted by Crippen LogP contribution is -2.18. The average Bonchev–Trinajstić information content (AvgIpc) is 2.79. The highest BCUT2D eigenvalue weighted by molar-refractivity contribution is 8.19. The second-order valence-corrected chi connectivity index (χ2v) is 12.3. The number of carbonyl (C=O) groups is 2. The van der Waals surface area contributed by atoms with E-state index in [1.165, 1.54) is 0 Å². The predicted octanol–water partition coefficient (Wildman–Crippen LogP) is 5.49. The lowest BCUT2D eigenvalue weighted by Gasteiger charge is -2.31. The summed E-state index contributed by atoms with van der Waals surface area (Å²) in [6.07, 6.45) is 3.22. The van der Waals surface area contributed by atoms with Crippen LogP contribution in [0.5, 0.6) is 0 Å². The normalized spacial score (nSPS) is 18.3. The van der Waals surface area contributed by atoms with Crippen LogP contribution < -0.4 is 0 Å². The Hall–Kier alpha value is -2.49. The van der Waals surface area contributed by atoms with Crippen molar-refractivity contribution in [1.82, 2.24) is 0 Å². The molecule has 6 heteroatoms. The molecule has 1 aliphatic heterocycles. The molecule has 2 aromatic carbocycles. The molecule has 0 aliphatic carbocycles. The van der Waals surface area contributed by atoms with Crippen LogP contribution in [0.2, 0.25) is 0 Å². The SMILES string of the molecule is CCOC(=O)CCP1(=S)CC(C(=O)OCC)=C(c2ccccc2)C=C1c1ccccc1. The van der Waals surface area contributed by atoms with Gasteiger partial charge in [-0.15, -0.1) is 0 Å². The number of benzene rings is 2. The van der Waals surface area contributed by atoms with E-state index in [2.05, 4.69) is 0 Å². The molecule has 0 fully saturated rings. The third kappa shape index (κ3) is 5.61. The zero-order valence-corrected chi connectivity index (χ0v) is 19.6. The Labute approximate surface area is 189 Å². The molecule has 1 unspecified atom stereocenters. The van der Waals surface area contributed by atoms with E-state index in [0.717, 1.165) is 22.0 Å². The summed E-state index contributed by atoms with van der Waals surface area (Å²) >= 11 is 6.24. The van der Waals surface area contributed by atoms with Crippen molar-refractivity contribution in [3.8, 4) is 0 Å². The van der Waals surface area contributed by atoms with E-state index in [0.29, 0.717) is 31.1 Å². The van der Waals surface area contributed by atoms with Gasteiger partial charge in [0.1, 0.15) is 0 Å². The minimum absolute atomic E-state index is 0.242. The van der Waals surface area contributed by atoms with Gasteiger partial charge in [0, 0.05) is 6.16 Å². The highest BCUT2D eigenvalue weighted by Crippen LogP contribution is 2.63. The van der Waals surface area contributed by atoms with Crippen LogP contribution in [0.3, 0.4) is 0 Å². The van der Waals surface area contributed by atoms with Crippen LogP contribution in [0.15, 0.2) is 72.3 Å². The van der Waals surface area contributed by atoms with Crippen LogP contribution in [0.4, 0.5) is 0 Å². The molecule has 0 aromatic heterocycles. The molecule has 1 aliphatic rings. The van der Waals surface area contributed by atoms with Crippen molar-refractivity contribution in [2.24, 2.45) is 0 Å². The fraction of sp³-hybridized carbons (Fsp3) is 0.280. The zero-order valence-electron chi connectivity index (χ0n) is 17.9. The summed E-state index contributed by atoms with van der Waals surface area (Å²) in [4.78, 5) is 25.0. The van der Waals surface area contributed by atoms with Gasteiger partial charge < -0.3 is 9.47 Å². The molecule has 3 rings (SSSR count). The van der Waals surface area contributed by atoms with Crippen LogP contribution >= 0.6 is 6.04 Å². The van der Waals surface area contributed by atoms with Gasteiger partial charge in [0.15, 0.2) is 0 Å². The van der Waals surface area contributed by atoms with Crippen molar-refractivity contribution < 1.29 is 19.1 Å². The molecule has 0 radical (unpaired) electrons. The fourth-order valence-electron chi connectivity index (χ4n) is 3.67. The number of hydrogen-bond donors (Lipinski definition) is 0. The van der Waals surface area contributed by atoms with Gasteiger partial charge in [0.2, 0.25) is 0 Å². The molecule has 31 heavy (non-hydrogen) atoms. The first kappa shape index (κ1) is 23.2. The lowest BCUT2D eigenvalue weighted by molar-refractivity contribution is -0.142. The summed E-state index contributed by atoms with van der Waals surface area (Å²) < 4.78 is 10.5. The van der Waals surface area contributed by atoms with Crippen molar-refractivity contribution in [1.29, 1.82) is 0 Å². The van der Waals surface area contributed by atoms with Gasteiger partial charge in [-0.2, -0.15) is 0 Å². The Kier molecular flexibility index (Phi) is 8.00. The summed E-state index contributed by atoms with van der Waals surface area (Å²) in [5.74, 6) is -0.593. The maximum Gasteiger partial charge on any atom is 0.335 e. The van der Waals surface area contributed by atoms with E-state index in [9.17, 15) is 9.59 Å². The van der Waals surface area contributed by atoms with Gasteiger partial charge in [-0.1, -0.05) is 72.5 Å². The summed E-state index contributed by atoms with van der Waals surface area (Å²) in [7, 11) is 0. The second kappa shape index (κ2) is 10.7. The third-order valence-electron chi connectivity index (χ3n) is 5.12. The van der Waals surface area contributed by atoms with Crippen molar-refractivity contribution in [2.45, 2.75) is 20.3 Å². The van der Waals surface area contributed by atoms with E-state index >= 15 is 0 Å². The molecule has 0 N–H and O–H groups in total. The van der Waals surface area contributed by atoms with Gasteiger partial charge in [-0.05, 0) is 54.1 Å². The molecule has 0 bridgehead atoms. The van der Waals surface area contributed by atoms with Crippen LogP contribution in [0.25, 0.3) is 10.9 Å². The first-order valence-corrected chi connectivity index (χ1v) is 13.6. The maximum atomic E-state index is 12.9. The quantitative estimate of drug-likeness (QED) is 0.390. The Bertz CT molecular complexity index is 1040. The van der Waals surface area contributed by atoms with E-state index in [-0.39, 0.29) is 18.4 Å². The number of carbonyl (C=O) groups excluding carboxylic acids is 2. The maximum absolute atomic E-state index is 12.9. The van der Waals surface area contributed by atoms with Gasteiger partial charge in [-0.3, -0.25) is 4.79 Å². The smallest absolute Gasteiger partial charge is 0.335 e. The van der Waals surface area contributed by atoms with E-state index in [1.807, 2.05) is 66.7 Å². The summed E-state index contributed by atoms with van der Waals surface area (Å²) in [5, 5.41) is 1.04. The second-order valence-electron chi connectivity index (χ2n) is 7.20. The van der Waals surface area contributed by atoms with Gasteiger partial charge >= 0.3 is 11.9 Å². The van der Waals surface area contributed by atoms with Crippen LogP contribution in [0, 0.1) is 0 Å². The van der Waals surface area contributed by atoms with Gasteiger partial charge in [0.05, 0.1) is 25.2 Å². The molecule has 1 atom stereocenters. The molecule has 0 saturated carbocycles. The molecular weight excluding hydrogens is 427 g/mol. The molecule has 0 amide bonds. The van der Waals surface area contributed by atoms with Gasteiger partial charge in [0.25, 0.3) is 0 Å². The van der Waals surface area contributed by atoms with Crippen LogP contribution in [0.1, 0.15) is 31.4 Å². The van der Waals surface area contributed by atoms with Crippen molar-refractivity contribution in [3.05, 3.63) is 83.4 Å². The standard InChI is InChI=1S/C25H27O4PS/c1-3-28-24(26)15-16-30(31)18-22(25(27)29-4-2)21(19-11-7-5-8-12-19)17-23(30)20-13-9-6-10-14-20/h5-14,17H,3-4,15-16,18H2,1-2H3.